The second-order valence-corrected chi connectivity index (χ2v) is 5.49. The standard InChI is InChI=1S/C16H14BrNO/c1-10-3-5-12(19-2)8-13(10)15-9-18-16-6-4-11(17)7-14(15)16/h3-9,18H,1-2H3. The van der Waals surface area contributed by atoms with Crippen LogP contribution in [-0.2, 0) is 0 Å². The van der Waals surface area contributed by atoms with Crippen LogP contribution in [0.5, 0.6) is 5.75 Å². The highest BCUT2D eigenvalue weighted by molar-refractivity contribution is 9.10. The quantitative estimate of drug-likeness (QED) is 0.713. The largest absolute Gasteiger partial charge is 0.497 e. The first-order valence-electron chi connectivity index (χ1n) is 6.10. The fourth-order valence-corrected chi connectivity index (χ4v) is 2.70. The Kier molecular flexibility index (Phi) is 3.07. The van der Waals surface area contributed by atoms with Crippen molar-refractivity contribution in [3.05, 3.63) is 52.6 Å². The summed E-state index contributed by atoms with van der Waals surface area (Å²) in [5.74, 6) is 0.880. The third-order valence-corrected chi connectivity index (χ3v) is 3.87. The summed E-state index contributed by atoms with van der Waals surface area (Å²) >= 11 is 3.53. The van der Waals surface area contributed by atoms with Gasteiger partial charge in [-0.2, -0.15) is 0 Å². The maximum absolute atomic E-state index is 5.32. The van der Waals surface area contributed by atoms with Crippen molar-refractivity contribution in [2.75, 3.05) is 7.11 Å². The molecule has 0 atom stereocenters. The van der Waals surface area contributed by atoms with E-state index in [0.29, 0.717) is 0 Å². The van der Waals surface area contributed by atoms with Gasteiger partial charge in [0.05, 0.1) is 7.11 Å². The Hall–Kier alpha value is -1.74. The maximum atomic E-state index is 5.32. The van der Waals surface area contributed by atoms with Crippen molar-refractivity contribution in [3.8, 4) is 16.9 Å². The summed E-state index contributed by atoms with van der Waals surface area (Å²) in [6.45, 7) is 2.12. The lowest BCUT2D eigenvalue weighted by Gasteiger charge is -2.07. The number of methoxy groups -OCH3 is 1. The maximum Gasteiger partial charge on any atom is 0.119 e. The van der Waals surface area contributed by atoms with Crippen molar-refractivity contribution < 1.29 is 4.74 Å². The number of hydrogen-bond acceptors (Lipinski definition) is 1. The van der Waals surface area contributed by atoms with Crippen LogP contribution in [0.4, 0.5) is 0 Å². The first kappa shape index (κ1) is 12.3. The summed E-state index contributed by atoms with van der Waals surface area (Å²) in [6.07, 6.45) is 2.05. The Bertz CT molecular complexity index is 746. The highest BCUT2D eigenvalue weighted by atomic mass is 79.9. The molecule has 0 aliphatic heterocycles. The second-order valence-electron chi connectivity index (χ2n) is 4.57. The summed E-state index contributed by atoms with van der Waals surface area (Å²) in [4.78, 5) is 3.32. The Morgan fingerprint density at radius 1 is 1.05 bits per heavy atom. The molecule has 3 aromatic rings. The van der Waals surface area contributed by atoms with E-state index in [1.807, 2.05) is 12.1 Å². The molecule has 19 heavy (non-hydrogen) atoms. The number of rotatable bonds is 2. The molecule has 2 nitrogen and oxygen atoms in total. The van der Waals surface area contributed by atoms with Gasteiger partial charge >= 0.3 is 0 Å². The molecule has 0 fully saturated rings. The van der Waals surface area contributed by atoms with Crippen LogP contribution in [-0.4, -0.2) is 12.1 Å². The Morgan fingerprint density at radius 3 is 2.68 bits per heavy atom. The van der Waals surface area contributed by atoms with Crippen LogP contribution in [0.3, 0.4) is 0 Å². The van der Waals surface area contributed by atoms with Gasteiger partial charge < -0.3 is 9.72 Å². The van der Waals surface area contributed by atoms with Crippen molar-refractivity contribution in [1.82, 2.24) is 4.98 Å². The minimum absolute atomic E-state index is 0.880. The molecule has 0 saturated heterocycles. The summed E-state index contributed by atoms with van der Waals surface area (Å²) in [5.41, 5.74) is 4.78. The molecule has 3 heteroatoms. The van der Waals surface area contributed by atoms with E-state index in [0.717, 1.165) is 15.7 Å². The molecule has 0 unspecified atom stereocenters. The van der Waals surface area contributed by atoms with E-state index < -0.39 is 0 Å². The average molecular weight is 316 g/mol. The van der Waals surface area contributed by atoms with Crippen LogP contribution in [0, 0.1) is 6.92 Å². The predicted molar refractivity (Wildman–Crippen MR) is 82.7 cm³/mol. The molecule has 0 saturated carbocycles. The topological polar surface area (TPSA) is 25.0 Å². The number of nitrogens with one attached hydrogen (secondary N) is 1. The molecule has 1 heterocycles. The van der Waals surface area contributed by atoms with Gasteiger partial charge in [-0.15, -0.1) is 0 Å². The van der Waals surface area contributed by atoms with E-state index in [9.17, 15) is 0 Å². The van der Waals surface area contributed by atoms with E-state index in [2.05, 4.69) is 58.3 Å². The van der Waals surface area contributed by atoms with Crippen LogP contribution in [0.25, 0.3) is 22.0 Å². The molecule has 0 spiro atoms. The number of fused-ring (bicyclic) bond motifs is 1. The van der Waals surface area contributed by atoms with Gasteiger partial charge in [0.1, 0.15) is 5.75 Å². The van der Waals surface area contributed by atoms with Crippen LogP contribution in [0.15, 0.2) is 47.1 Å². The van der Waals surface area contributed by atoms with E-state index in [-0.39, 0.29) is 0 Å². The van der Waals surface area contributed by atoms with Gasteiger partial charge in [0, 0.05) is 27.1 Å². The molecule has 2 aromatic carbocycles. The second kappa shape index (κ2) is 4.74. The number of H-pyrrole nitrogens is 1. The van der Waals surface area contributed by atoms with Crippen molar-refractivity contribution in [3.63, 3.8) is 0 Å². The highest BCUT2D eigenvalue weighted by Gasteiger charge is 2.10. The number of aromatic amines is 1. The number of aromatic nitrogens is 1. The molecule has 0 bridgehead atoms. The smallest absolute Gasteiger partial charge is 0.119 e. The van der Waals surface area contributed by atoms with Crippen LogP contribution < -0.4 is 4.74 Å². The van der Waals surface area contributed by atoms with Gasteiger partial charge in [0.2, 0.25) is 0 Å². The average Bonchev–Trinajstić information content (AvgIpc) is 2.82. The lowest BCUT2D eigenvalue weighted by molar-refractivity contribution is 0.415. The molecular weight excluding hydrogens is 302 g/mol. The summed E-state index contributed by atoms with van der Waals surface area (Å²) in [6, 6.07) is 12.4. The van der Waals surface area contributed by atoms with Crippen molar-refractivity contribution in [2.24, 2.45) is 0 Å². The van der Waals surface area contributed by atoms with Crippen LogP contribution in [0.1, 0.15) is 5.56 Å². The number of ether oxygens (including phenoxy) is 1. The van der Waals surface area contributed by atoms with Crippen molar-refractivity contribution >= 4 is 26.8 Å². The molecule has 0 radical (unpaired) electrons. The predicted octanol–water partition coefficient (Wildman–Crippen LogP) is 4.91. The summed E-state index contributed by atoms with van der Waals surface area (Å²) in [7, 11) is 1.69. The molecular formula is C16H14BrNO. The number of aryl methyl sites for hydroxylation is 1. The first-order valence-corrected chi connectivity index (χ1v) is 6.90. The molecule has 0 aliphatic carbocycles. The Labute approximate surface area is 120 Å². The fraction of sp³-hybridized carbons (Fsp3) is 0.125. The number of benzene rings is 2. The molecule has 0 aliphatic rings. The molecule has 1 N–H and O–H groups in total. The van der Waals surface area contributed by atoms with Gasteiger partial charge in [-0.05, 0) is 48.4 Å². The third-order valence-electron chi connectivity index (χ3n) is 3.38. The lowest BCUT2D eigenvalue weighted by Crippen LogP contribution is -1.86. The zero-order valence-electron chi connectivity index (χ0n) is 10.8. The molecule has 3 rings (SSSR count). The number of halogens is 1. The van der Waals surface area contributed by atoms with E-state index >= 15 is 0 Å². The van der Waals surface area contributed by atoms with Gasteiger partial charge in [-0.3, -0.25) is 0 Å². The van der Waals surface area contributed by atoms with E-state index in [4.69, 9.17) is 4.74 Å². The van der Waals surface area contributed by atoms with Crippen molar-refractivity contribution in [1.29, 1.82) is 0 Å². The zero-order valence-corrected chi connectivity index (χ0v) is 12.4. The third kappa shape index (κ3) is 2.15. The molecule has 1 aromatic heterocycles. The van der Waals surface area contributed by atoms with Gasteiger partial charge in [-0.25, -0.2) is 0 Å². The van der Waals surface area contributed by atoms with E-state index in [1.165, 1.54) is 22.1 Å². The van der Waals surface area contributed by atoms with E-state index in [1.54, 1.807) is 7.11 Å². The number of hydrogen-bond donors (Lipinski definition) is 1. The fourth-order valence-electron chi connectivity index (χ4n) is 2.33. The van der Waals surface area contributed by atoms with Crippen LogP contribution >= 0.6 is 15.9 Å². The SMILES string of the molecule is COc1ccc(C)c(-c2c[nH]c3ccc(Br)cc23)c1. The summed E-state index contributed by atoms with van der Waals surface area (Å²) < 4.78 is 6.41. The van der Waals surface area contributed by atoms with Crippen molar-refractivity contribution in [2.45, 2.75) is 6.92 Å². The monoisotopic (exact) mass is 315 g/mol. The molecule has 96 valence electrons. The minimum atomic E-state index is 0.880. The van der Waals surface area contributed by atoms with Gasteiger partial charge in [0.25, 0.3) is 0 Å². The highest BCUT2D eigenvalue weighted by Crippen LogP contribution is 2.34. The minimum Gasteiger partial charge on any atom is -0.497 e. The van der Waals surface area contributed by atoms with Gasteiger partial charge in [0.15, 0.2) is 0 Å². The Morgan fingerprint density at radius 2 is 1.89 bits per heavy atom. The van der Waals surface area contributed by atoms with Gasteiger partial charge in [-0.1, -0.05) is 22.0 Å². The van der Waals surface area contributed by atoms with Crippen LogP contribution in [0.2, 0.25) is 0 Å². The Balaban J connectivity index is 2.26. The normalized spacial score (nSPS) is 10.9. The molecule has 0 amide bonds. The summed E-state index contributed by atoms with van der Waals surface area (Å²) in [5, 5.41) is 1.21. The lowest BCUT2D eigenvalue weighted by atomic mass is 10.00. The zero-order chi connectivity index (χ0) is 13.4. The first-order chi connectivity index (χ1) is 9.19.